The fraction of sp³-hybridized carbons (Fsp3) is 0.250. The van der Waals surface area contributed by atoms with Gasteiger partial charge in [-0.05, 0) is 30.5 Å². The molecule has 0 saturated carbocycles. The van der Waals surface area contributed by atoms with Crippen LogP contribution in [-0.4, -0.2) is 5.78 Å². The Morgan fingerprint density at radius 2 is 1.77 bits per heavy atom. The van der Waals surface area contributed by atoms with Gasteiger partial charge >= 0.3 is 0 Å². The smallest absolute Gasteiger partial charge is 0.228 e. The van der Waals surface area contributed by atoms with Crippen molar-refractivity contribution in [1.29, 1.82) is 0 Å². The molecule has 2 nitrogen and oxygen atoms in total. The number of rotatable bonds is 6. The molecule has 0 unspecified atom stereocenters. The number of hydrogen-bond acceptors (Lipinski definition) is 2. The number of fused-ring (bicyclic) bond motifs is 1. The number of para-hydroxylation sites is 1. The Balaban J connectivity index is 1.76. The van der Waals surface area contributed by atoms with E-state index in [9.17, 15) is 4.79 Å². The molecule has 22 heavy (non-hydrogen) atoms. The van der Waals surface area contributed by atoms with Crippen molar-refractivity contribution < 1.29 is 9.21 Å². The third-order valence-corrected chi connectivity index (χ3v) is 3.93. The lowest BCUT2D eigenvalue weighted by Gasteiger charge is -2.02. The van der Waals surface area contributed by atoms with Gasteiger partial charge in [-0.3, -0.25) is 4.79 Å². The van der Waals surface area contributed by atoms with Gasteiger partial charge in [0.1, 0.15) is 5.58 Å². The predicted octanol–water partition coefficient (Wildman–Crippen LogP) is 5.40. The van der Waals surface area contributed by atoms with E-state index in [1.807, 2.05) is 54.6 Å². The predicted molar refractivity (Wildman–Crippen MR) is 89.3 cm³/mol. The molecule has 0 amide bonds. The van der Waals surface area contributed by atoms with Crippen LogP contribution in [0.1, 0.15) is 47.9 Å². The van der Waals surface area contributed by atoms with Crippen LogP contribution in [-0.2, 0) is 6.42 Å². The van der Waals surface area contributed by atoms with E-state index in [0.717, 1.165) is 17.4 Å². The fourth-order valence-corrected chi connectivity index (χ4v) is 2.64. The number of carbonyl (C=O) groups excluding carboxylic acids is 1. The van der Waals surface area contributed by atoms with E-state index in [2.05, 4.69) is 6.92 Å². The highest BCUT2D eigenvalue weighted by Gasteiger charge is 2.14. The summed E-state index contributed by atoms with van der Waals surface area (Å²) in [6.07, 6.45) is 4.75. The standard InChI is InChI=1S/C20H20O2/c1-2-3-4-7-15-10-12-16(13-11-15)20(21)19-14-17-8-5-6-9-18(17)22-19/h5-6,8-14H,2-4,7H2,1H3. The largest absolute Gasteiger partial charge is 0.453 e. The van der Waals surface area contributed by atoms with Crippen molar-refractivity contribution in [3.63, 3.8) is 0 Å². The van der Waals surface area contributed by atoms with Crippen molar-refractivity contribution in [1.82, 2.24) is 0 Å². The van der Waals surface area contributed by atoms with Crippen molar-refractivity contribution in [2.45, 2.75) is 32.6 Å². The molecule has 0 aliphatic heterocycles. The minimum absolute atomic E-state index is 0.0590. The quantitative estimate of drug-likeness (QED) is 0.450. The van der Waals surface area contributed by atoms with Gasteiger partial charge in [-0.2, -0.15) is 0 Å². The Labute approximate surface area is 130 Å². The molecule has 0 spiro atoms. The average Bonchev–Trinajstić information content (AvgIpc) is 2.99. The number of furan rings is 1. The molecule has 0 radical (unpaired) electrons. The van der Waals surface area contributed by atoms with Crippen molar-refractivity contribution in [2.75, 3.05) is 0 Å². The first-order valence-electron chi connectivity index (χ1n) is 7.90. The first-order chi connectivity index (χ1) is 10.8. The first kappa shape index (κ1) is 14.6. The van der Waals surface area contributed by atoms with Gasteiger partial charge in [-0.25, -0.2) is 0 Å². The summed E-state index contributed by atoms with van der Waals surface area (Å²) in [4.78, 5) is 12.5. The SMILES string of the molecule is CCCCCc1ccc(C(=O)c2cc3ccccc3o2)cc1. The third kappa shape index (κ3) is 3.11. The van der Waals surface area contributed by atoms with Crippen LogP contribution in [0.2, 0.25) is 0 Å². The van der Waals surface area contributed by atoms with Crippen molar-refractivity contribution >= 4 is 16.8 Å². The van der Waals surface area contributed by atoms with E-state index >= 15 is 0 Å². The van der Waals surface area contributed by atoms with Crippen LogP contribution in [0, 0.1) is 0 Å². The Morgan fingerprint density at radius 1 is 1.00 bits per heavy atom. The van der Waals surface area contributed by atoms with Gasteiger partial charge in [0, 0.05) is 10.9 Å². The van der Waals surface area contributed by atoms with Crippen LogP contribution in [0.3, 0.4) is 0 Å². The van der Waals surface area contributed by atoms with Gasteiger partial charge in [0.15, 0.2) is 5.76 Å². The zero-order chi connectivity index (χ0) is 15.4. The Morgan fingerprint density at radius 3 is 2.50 bits per heavy atom. The lowest BCUT2D eigenvalue weighted by Crippen LogP contribution is -1.99. The summed E-state index contributed by atoms with van der Waals surface area (Å²) in [6, 6.07) is 17.4. The van der Waals surface area contributed by atoms with E-state index < -0.39 is 0 Å². The Hall–Kier alpha value is -2.35. The highest BCUT2D eigenvalue weighted by atomic mass is 16.3. The van der Waals surface area contributed by atoms with Gasteiger partial charge in [-0.15, -0.1) is 0 Å². The molecule has 3 aromatic rings. The molecular weight excluding hydrogens is 272 g/mol. The molecule has 0 atom stereocenters. The number of benzene rings is 2. The number of ketones is 1. The highest BCUT2D eigenvalue weighted by Crippen LogP contribution is 2.21. The lowest BCUT2D eigenvalue weighted by atomic mass is 10.0. The Bertz CT molecular complexity index is 733. The number of hydrogen-bond donors (Lipinski definition) is 0. The fourth-order valence-electron chi connectivity index (χ4n) is 2.64. The average molecular weight is 292 g/mol. The van der Waals surface area contributed by atoms with E-state index in [1.165, 1.54) is 24.8 Å². The molecule has 1 heterocycles. The van der Waals surface area contributed by atoms with Gasteiger partial charge < -0.3 is 4.42 Å². The molecule has 1 aromatic heterocycles. The minimum Gasteiger partial charge on any atom is -0.453 e. The molecule has 112 valence electrons. The van der Waals surface area contributed by atoms with E-state index in [-0.39, 0.29) is 5.78 Å². The monoisotopic (exact) mass is 292 g/mol. The minimum atomic E-state index is -0.0590. The van der Waals surface area contributed by atoms with Gasteiger partial charge in [0.25, 0.3) is 0 Å². The van der Waals surface area contributed by atoms with Crippen molar-refractivity contribution in [2.24, 2.45) is 0 Å². The second kappa shape index (κ2) is 6.61. The van der Waals surface area contributed by atoms with Gasteiger partial charge in [0.05, 0.1) is 0 Å². The van der Waals surface area contributed by atoms with Crippen LogP contribution < -0.4 is 0 Å². The third-order valence-electron chi connectivity index (χ3n) is 3.93. The topological polar surface area (TPSA) is 30.2 Å². The molecule has 0 saturated heterocycles. The normalized spacial score (nSPS) is 11.0. The van der Waals surface area contributed by atoms with E-state index in [4.69, 9.17) is 4.42 Å². The summed E-state index contributed by atoms with van der Waals surface area (Å²) >= 11 is 0. The van der Waals surface area contributed by atoms with Crippen LogP contribution in [0.15, 0.2) is 59.0 Å². The molecule has 0 aliphatic rings. The number of aryl methyl sites for hydroxylation is 1. The van der Waals surface area contributed by atoms with Crippen LogP contribution >= 0.6 is 0 Å². The maximum atomic E-state index is 12.5. The number of carbonyl (C=O) groups is 1. The highest BCUT2D eigenvalue weighted by molar-refractivity contribution is 6.08. The summed E-state index contributed by atoms with van der Waals surface area (Å²) < 4.78 is 5.64. The Kier molecular flexibility index (Phi) is 4.38. The molecule has 0 aliphatic carbocycles. The zero-order valence-corrected chi connectivity index (χ0v) is 12.8. The molecule has 0 bridgehead atoms. The van der Waals surface area contributed by atoms with E-state index in [1.54, 1.807) is 0 Å². The zero-order valence-electron chi connectivity index (χ0n) is 12.8. The van der Waals surface area contributed by atoms with Crippen LogP contribution in [0.5, 0.6) is 0 Å². The second-order valence-electron chi connectivity index (χ2n) is 5.63. The van der Waals surface area contributed by atoms with Crippen LogP contribution in [0.4, 0.5) is 0 Å². The summed E-state index contributed by atoms with van der Waals surface area (Å²) in [5.74, 6) is 0.344. The lowest BCUT2D eigenvalue weighted by molar-refractivity contribution is 0.101. The summed E-state index contributed by atoms with van der Waals surface area (Å²) in [7, 11) is 0. The number of unbranched alkanes of at least 4 members (excludes halogenated alkanes) is 2. The molecule has 2 heteroatoms. The summed E-state index contributed by atoms with van der Waals surface area (Å²) in [5, 5.41) is 0.960. The first-order valence-corrected chi connectivity index (χ1v) is 7.90. The summed E-state index contributed by atoms with van der Waals surface area (Å²) in [6.45, 7) is 2.20. The second-order valence-corrected chi connectivity index (χ2v) is 5.63. The van der Waals surface area contributed by atoms with Gasteiger partial charge in [0.2, 0.25) is 5.78 Å². The molecule has 0 fully saturated rings. The molecule has 2 aromatic carbocycles. The molecule has 0 N–H and O–H groups in total. The molecule has 3 rings (SSSR count). The molecular formula is C20H20O2. The van der Waals surface area contributed by atoms with Gasteiger partial charge in [-0.1, -0.05) is 62.2 Å². The maximum Gasteiger partial charge on any atom is 0.228 e. The van der Waals surface area contributed by atoms with Crippen LogP contribution in [0.25, 0.3) is 11.0 Å². The maximum absolute atomic E-state index is 12.5. The van der Waals surface area contributed by atoms with Crippen molar-refractivity contribution in [3.8, 4) is 0 Å². The summed E-state index contributed by atoms with van der Waals surface area (Å²) in [5.41, 5.74) is 2.72. The van der Waals surface area contributed by atoms with E-state index in [0.29, 0.717) is 11.3 Å². The van der Waals surface area contributed by atoms with Crippen molar-refractivity contribution in [3.05, 3.63) is 71.5 Å².